The smallest absolute Gasteiger partial charge is 0.318 e. The lowest BCUT2D eigenvalue weighted by Crippen LogP contribution is -2.48. The zero-order valence-corrected chi connectivity index (χ0v) is 14.1. The van der Waals surface area contributed by atoms with E-state index in [9.17, 15) is 4.79 Å². The molecule has 1 aromatic rings. The van der Waals surface area contributed by atoms with E-state index in [1.165, 1.54) is 6.42 Å². The topological polar surface area (TPSA) is 41.6 Å². The molecule has 2 atom stereocenters. The third-order valence-corrected chi connectivity index (χ3v) is 4.13. The van der Waals surface area contributed by atoms with Crippen LogP contribution in [0.15, 0.2) is 24.3 Å². The fraction of sp³-hybridized carbons (Fsp3) is 0.611. The molecule has 1 heterocycles. The molecule has 0 aromatic heterocycles. The number of hydrogen-bond donors (Lipinski definition) is 1. The number of rotatable bonds is 4. The summed E-state index contributed by atoms with van der Waals surface area (Å²) in [6, 6.07) is 8.29. The molecular formula is C18H28N2O2. The van der Waals surface area contributed by atoms with E-state index in [1.54, 1.807) is 0 Å². The summed E-state index contributed by atoms with van der Waals surface area (Å²) < 4.78 is 5.72. The quantitative estimate of drug-likeness (QED) is 0.909. The summed E-state index contributed by atoms with van der Waals surface area (Å²) in [7, 11) is 0. The summed E-state index contributed by atoms with van der Waals surface area (Å²) in [6.07, 6.45) is 3.56. The van der Waals surface area contributed by atoms with E-state index in [1.807, 2.05) is 49.9 Å². The van der Waals surface area contributed by atoms with Gasteiger partial charge in [-0.15, -0.1) is 0 Å². The third-order valence-electron chi connectivity index (χ3n) is 4.13. The van der Waals surface area contributed by atoms with E-state index in [0.717, 1.165) is 30.7 Å². The van der Waals surface area contributed by atoms with Gasteiger partial charge in [0.1, 0.15) is 5.75 Å². The fourth-order valence-corrected chi connectivity index (χ4v) is 2.88. The van der Waals surface area contributed by atoms with E-state index in [-0.39, 0.29) is 18.2 Å². The molecule has 2 rings (SSSR count). The van der Waals surface area contributed by atoms with Gasteiger partial charge in [0.15, 0.2) is 0 Å². The normalized spacial score (nSPS) is 19.9. The Morgan fingerprint density at radius 1 is 1.32 bits per heavy atom. The molecule has 1 saturated heterocycles. The summed E-state index contributed by atoms with van der Waals surface area (Å²) in [5, 5.41) is 3.11. The Labute approximate surface area is 133 Å². The van der Waals surface area contributed by atoms with Crippen molar-refractivity contribution < 1.29 is 9.53 Å². The zero-order valence-electron chi connectivity index (χ0n) is 14.1. The summed E-state index contributed by atoms with van der Waals surface area (Å²) in [6.45, 7) is 9.02. The van der Waals surface area contributed by atoms with Gasteiger partial charge >= 0.3 is 6.03 Å². The van der Waals surface area contributed by atoms with Gasteiger partial charge in [0, 0.05) is 12.6 Å². The molecule has 22 heavy (non-hydrogen) atoms. The molecule has 4 nitrogen and oxygen atoms in total. The lowest BCUT2D eigenvalue weighted by Gasteiger charge is -2.34. The van der Waals surface area contributed by atoms with Crippen molar-refractivity contribution in [1.82, 2.24) is 10.2 Å². The number of urea groups is 1. The van der Waals surface area contributed by atoms with Crippen LogP contribution < -0.4 is 10.1 Å². The molecule has 122 valence electrons. The van der Waals surface area contributed by atoms with Crippen LogP contribution in [-0.2, 0) is 0 Å². The molecule has 4 heteroatoms. The minimum Gasteiger partial charge on any atom is -0.491 e. The lowest BCUT2D eigenvalue weighted by atomic mass is 10.0. The lowest BCUT2D eigenvalue weighted by molar-refractivity contribution is 0.155. The fourth-order valence-electron chi connectivity index (χ4n) is 2.88. The summed E-state index contributed by atoms with van der Waals surface area (Å²) in [5.41, 5.74) is 1.07. The number of likely N-dealkylation sites (tertiary alicyclic amines) is 1. The molecule has 1 aliphatic heterocycles. The van der Waals surface area contributed by atoms with Crippen LogP contribution >= 0.6 is 0 Å². The van der Waals surface area contributed by atoms with Crippen molar-refractivity contribution in [3.63, 3.8) is 0 Å². The molecule has 2 amide bonds. The van der Waals surface area contributed by atoms with Crippen molar-refractivity contribution in [2.75, 3.05) is 6.54 Å². The number of hydrogen-bond acceptors (Lipinski definition) is 2. The van der Waals surface area contributed by atoms with Crippen LogP contribution in [0.2, 0.25) is 0 Å². The van der Waals surface area contributed by atoms with Crippen LogP contribution in [0.5, 0.6) is 5.75 Å². The van der Waals surface area contributed by atoms with Crippen LogP contribution in [0.1, 0.15) is 58.6 Å². The first-order valence-electron chi connectivity index (χ1n) is 8.31. The monoisotopic (exact) mass is 304 g/mol. The molecule has 0 spiro atoms. The van der Waals surface area contributed by atoms with Crippen molar-refractivity contribution in [2.45, 2.75) is 65.1 Å². The number of amides is 2. The highest BCUT2D eigenvalue weighted by molar-refractivity contribution is 5.75. The second-order valence-corrected chi connectivity index (χ2v) is 6.45. The van der Waals surface area contributed by atoms with Crippen molar-refractivity contribution in [3.8, 4) is 5.75 Å². The zero-order chi connectivity index (χ0) is 16.1. The molecule has 0 bridgehead atoms. The van der Waals surface area contributed by atoms with E-state index in [4.69, 9.17) is 4.74 Å². The van der Waals surface area contributed by atoms with Gasteiger partial charge in [-0.3, -0.25) is 0 Å². The van der Waals surface area contributed by atoms with Crippen LogP contribution in [0, 0.1) is 0 Å². The van der Waals surface area contributed by atoms with E-state index < -0.39 is 0 Å². The standard InChI is InChI=1S/C18H28N2O2/c1-13(2)22-17-10-7-9-16(12-17)15(4)19-18(21)20-11-6-5-8-14(20)3/h7,9-10,12-15H,5-6,8,11H2,1-4H3,(H,19,21). The summed E-state index contributed by atoms with van der Waals surface area (Å²) in [5.74, 6) is 0.847. The molecule has 1 fully saturated rings. The van der Waals surface area contributed by atoms with Gasteiger partial charge in [-0.2, -0.15) is 0 Å². The Hall–Kier alpha value is -1.71. The van der Waals surface area contributed by atoms with Gasteiger partial charge in [0.05, 0.1) is 12.1 Å². The molecule has 1 N–H and O–H groups in total. The highest BCUT2D eigenvalue weighted by Crippen LogP contribution is 2.21. The van der Waals surface area contributed by atoms with Crippen molar-refractivity contribution >= 4 is 6.03 Å². The first-order chi connectivity index (χ1) is 10.5. The van der Waals surface area contributed by atoms with Crippen molar-refractivity contribution in [3.05, 3.63) is 29.8 Å². The predicted octanol–water partition coefficient (Wildman–Crippen LogP) is 4.12. The predicted molar refractivity (Wildman–Crippen MR) is 89.2 cm³/mol. The van der Waals surface area contributed by atoms with Crippen LogP contribution in [-0.4, -0.2) is 29.6 Å². The van der Waals surface area contributed by atoms with Gasteiger partial charge in [0.25, 0.3) is 0 Å². The largest absolute Gasteiger partial charge is 0.491 e. The number of ether oxygens (including phenoxy) is 1. The maximum Gasteiger partial charge on any atom is 0.318 e. The average molecular weight is 304 g/mol. The molecule has 1 aromatic carbocycles. The van der Waals surface area contributed by atoms with Gasteiger partial charge in [-0.05, 0) is 64.7 Å². The average Bonchev–Trinajstić information content (AvgIpc) is 2.47. The molecule has 0 radical (unpaired) electrons. The Bertz CT molecular complexity index is 502. The Balaban J connectivity index is 1.99. The minimum absolute atomic E-state index is 0.0302. The maximum absolute atomic E-state index is 12.4. The number of carbonyl (C=O) groups excluding carboxylic acids is 1. The first-order valence-corrected chi connectivity index (χ1v) is 8.31. The second kappa shape index (κ2) is 7.52. The van der Waals surface area contributed by atoms with Crippen molar-refractivity contribution in [2.24, 2.45) is 0 Å². The van der Waals surface area contributed by atoms with E-state index >= 15 is 0 Å². The van der Waals surface area contributed by atoms with E-state index in [2.05, 4.69) is 12.2 Å². The van der Waals surface area contributed by atoms with Gasteiger partial charge in [0.2, 0.25) is 0 Å². The Morgan fingerprint density at radius 3 is 2.77 bits per heavy atom. The van der Waals surface area contributed by atoms with Gasteiger partial charge in [-0.1, -0.05) is 12.1 Å². The molecule has 0 saturated carbocycles. The highest BCUT2D eigenvalue weighted by atomic mass is 16.5. The molecule has 0 aliphatic carbocycles. The number of piperidine rings is 1. The van der Waals surface area contributed by atoms with Crippen molar-refractivity contribution in [1.29, 1.82) is 0 Å². The number of benzene rings is 1. The van der Waals surface area contributed by atoms with Gasteiger partial charge < -0.3 is 15.0 Å². The number of nitrogens with zero attached hydrogens (tertiary/aromatic N) is 1. The van der Waals surface area contributed by atoms with Gasteiger partial charge in [-0.25, -0.2) is 4.79 Å². The SMILES string of the molecule is CC(C)Oc1cccc(C(C)NC(=O)N2CCCCC2C)c1. The second-order valence-electron chi connectivity index (χ2n) is 6.45. The first kappa shape index (κ1) is 16.7. The van der Waals surface area contributed by atoms with Crippen LogP contribution in [0.4, 0.5) is 4.79 Å². The third kappa shape index (κ3) is 4.39. The Morgan fingerprint density at radius 2 is 2.09 bits per heavy atom. The molecular weight excluding hydrogens is 276 g/mol. The maximum atomic E-state index is 12.4. The molecule has 1 aliphatic rings. The van der Waals surface area contributed by atoms with E-state index in [0.29, 0.717) is 6.04 Å². The van der Waals surface area contributed by atoms with Crippen LogP contribution in [0.3, 0.4) is 0 Å². The highest BCUT2D eigenvalue weighted by Gasteiger charge is 2.24. The Kier molecular flexibility index (Phi) is 5.69. The molecule has 2 unspecified atom stereocenters. The summed E-state index contributed by atoms with van der Waals surface area (Å²) in [4.78, 5) is 14.4. The van der Waals surface area contributed by atoms with Crippen LogP contribution in [0.25, 0.3) is 0 Å². The summed E-state index contributed by atoms with van der Waals surface area (Å²) >= 11 is 0. The number of nitrogens with one attached hydrogen (secondary N) is 1. The number of carbonyl (C=O) groups is 1. The minimum atomic E-state index is -0.0302.